The van der Waals surface area contributed by atoms with Crippen LogP contribution in [-0.2, 0) is 0 Å². The summed E-state index contributed by atoms with van der Waals surface area (Å²) < 4.78 is 30.2. The van der Waals surface area contributed by atoms with Crippen molar-refractivity contribution in [1.82, 2.24) is 10.4 Å². The molecule has 1 amide bonds. The van der Waals surface area contributed by atoms with Gasteiger partial charge in [0.1, 0.15) is 22.8 Å². The minimum Gasteiger partial charge on any atom is -0.496 e. The van der Waals surface area contributed by atoms with E-state index in [0.29, 0.717) is 32.8 Å². The summed E-state index contributed by atoms with van der Waals surface area (Å²) in [4.78, 5) is 29.0. The maximum Gasteiger partial charge on any atom is 0.347 e. The molecule has 0 aliphatic carbocycles. The number of halogens is 2. The lowest BCUT2D eigenvalue weighted by Crippen LogP contribution is -2.18. The Morgan fingerprint density at radius 2 is 1.66 bits per heavy atom. The Morgan fingerprint density at radius 3 is 2.41 bits per heavy atom. The van der Waals surface area contributed by atoms with Gasteiger partial charge in [0.15, 0.2) is 11.5 Å². The lowest BCUT2D eigenvalue weighted by Gasteiger charge is -2.12. The number of nitrogens with one attached hydrogen (secondary N) is 2. The van der Waals surface area contributed by atoms with Crippen molar-refractivity contribution in [2.75, 3.05) is 14.2 Å². The van der Waals surface area contributed by atoms with Crippen molar-refractivity contribution >= 4 is 40.6 Å². The quantitative estimate of drug-likeness (QED) is 0.0942. The van der Waals surface area contributed by atoms with Gasteiger partial charge in [0.25, 0.3) is 5.91 Å². The predicted molar refractivity (Wildman–Crippen MR) is 155 cm³/mol. The molecule has 4 aromatic carbocycles. The lowest BCUT2D eigenvalue weighted by atomic mass is 10.0. The van der Waals surface area contributed by atoms with E-state index in [1.165, 1.54) is 44.7 Å². The van der Waals surface area contributed by atoms with E-state index in [4.69, 9.17) is 25.8 Å². The summed E-state index contributed by atoms with van der Waals surface area (Å²) in [6, 6.07) is 22.9. The average Bonchev–Trinajstić information content (AvgIpc) is 3.37. The van der Waals surface area contributed by atoms with Crippen molar-refractivity contribution in [2.24, 2.45) is 5.10 Å². The number of hydrogen-bond acceptors (Lipinski definition) is 6. The predicted octanol–water partition coefficient (Wildman–Crippen LogP) is 6.63. The molecule has 10 heteroatoms. The van der Waals surface area contributed by atoms with Gasteiger partial charge in [-0.2, -0.15) is 5.10 Å². The van der Waals surface area contributed by atoms with Crippen LogP contribution in [0.3, 0.4) is 0 Å². The summed E-state index contributed by atoms with van der Waals surface area (Å²) in [5.41, 5.74) is 5.40. The Kier molecular flexibility index (Phi) is 7.98. The second-order valence-corrected chi connectivity index (χ2v) is 9.21. The number of fused-ring (bicyclic) bond motifs is 1. The van der Waals surface area contributed by atoms with Gasteiger partial charge < -0.3 is 19.2 Å². The van der Waals surface area contributed by atoms with Crippen LogP contribution in [0, 0.1) is 5.82 Å². The maximum absolute atomic E-state index is 14.0. The third kappa shape index (κ3) is 5.90. The van der Waals surface area contributed by atoms with Crippen LogP contribution in [0.25, 0.3) is 22.0 Å². The van der Waals surface area contributed by atoms with E-state index in [-0.39, 0.29) is 22.8 Å². The second kappa shape index (κ2) is 11.9. The summed E-state index contributed by atoms with van der Waals surface area (Å²) in [6.45, 7) is 0. The first kappa shape index (κ1) is 27.4. The first-order valence-electron chi connectivity index (χ1n) is 12.3. The number of amides is 1. The molecule has 5 aromatic rings. The minimum absolute atomic E-state index is 0.157. The topological polar surface area (TPSA) is 102 Å². The van der Waals surface area contributed by atoms with Crippen LogP contribution in [0.2, 0.25) is 5.02 Å². The molecule has 0 aliphatic heterocycles. The molecule has 0 spiro atoms. The zero-order chi connectivity index (χ0) is 28.9. The molecule has 0 atom stereocenters. The highest BCUT2D eigenvalue weighted by atomic mass is 35.5. The molecule has 1 aromatic heterocycles. The van der Waals surface area contributed by atoms with E-state index in [9.17, 15) is 14.0 Å². The van der Waals surface area contributed by atoms with Crippen LogP contribution in [0.5, 0.6) is 17.2 Å². The fraction of sp³-hybridized carbons (Fsp3) is 0.0645. The summed E-state index contributed by atoms with van der Waals surface area (Å²) in [5.74, 6) is -0.854. The van der Waals surface area contributed by atoms with E-state index >= 15 is 0 Å². The number of carbonyl (C=O) groups is 2. The molecule has 8 nitrogen and oxygen atoms in total. The Labute approximate surface area is 239 Å². The zero-order valence-electron chi connectivity index (χ0n) is 21.9. The van der Waals surface area contributed by atoms with Gasteiger partial charge in [0.2, 0.25) is 0 Å². The second-order valence-electron chi connectivity index (χ2n) is 8.77. The summed E-state index contributed by atoms with van der Waals surface area (Å²) in [7, 11) is 2.87. The highest BCUT2D eigenvalue weighted by Crippen LogP contribution is 2.33. The van der Waals surface area contributed by atoms with Gasteiger partial charge in [-0.25, -0.2) is 14.6 Å². The van der Waals surface area contributed by atoms with Crippen LogP contribution in [-0.4, -0.2) is 37.3 Å². The number of esters is 1. The van der Waals surface area contributed by atoms with Gasteiger partial charge in [0, 0.05) is 21.5 Å². The molecular weight excluding hydrogens is 549 g/mol. The number of aromatic nitrogens is 1. The third-order valence-corrected chi connectivity index (χ3v) is 6.44. The van der Waals surface area contributed by atoms with Gasteiger partial charge in [0.05, 0.1) is 20.4 Å². The van der Waals surface area contributed by atoms with Crippen molar-refractivity contribution in [3.05, 3.63) is 113 Å². The van der Waals surface area contributed by atoms with E-state index in [1.54, 1.807) is 30.3 Å². The largest absolute Gasteiger partial charge is 0.496 e. The molecule has 0 saturated heterocycles. The molecule has 0 fully saturated rings. The first-order chi connectivity index (χ1) is 19.9. The molecule has 0 unspecified atom stereocenters. The van der Waals surface area contributed by atoms with Gasteiger partial charge in [-0.05, 0) is 65.7 Å². The van der Waals surface area contributed by atoms with Crippen molar-refractivity contribution in [3.8, 4) is 28.4 Å². The van der Waals surface area contributed by atoms with Gasteiger partial charge in [-0.3, -0.25) is 4.79 Å². The molecule has 41 heavy (non-hydrogen) atoms. The van der Waals surface area contributed by atoms with Crippen molar-refractivity contribution < 1.29 is 28.2 Å². The van der Waals surface area contributed by atoms with Crippen LogP contribution in [0.1, 0.15) is 26.4 Å². The number of benzene rings is 4. The van der Waals surface area contributed by atoms with Crippen molar-refractivity contribution in [3.63, 3.8) is 0 Å². The van der Waals surface area contributed by atoms with Gasteiger partial charge in [-0.15, -0.1) is 0 Å². The highest BCUT2D eigenvalue weighted by Gasteiger charge is 2.20. The maximum atomic E-state index is 14.0. The smallest absolute Gasteiger partial charge is 0.347 e. The number of carbonyl (C=O) groups excluding carboxylic acids is 2. The summed E-state index contributed by atoms with van der Waals surface area (Å²) in [6.07, 6.45) is 1.41. The molecule has 1 heterocycles. The highest BCUT2D eigenvalue weighted by molar-refractivity contribution is 6.31. The standard InChI is InChI=1S/C31H23ClFN3O5/c1-39-25-13-9-20(32)15-23(25)31(38)41-26-12-8-18(14-27(26)40-2)17-34-36-30(37)29-28(19-6-4-3-5-7-19)22-16-21(33)10-11-24(22)35-29/h3-17,35H,1-2H3,(H,36,37). The molecule has 0 radical (unpaired) electrons. The molecule has 5 rings (SSSR count). The van der Waals surface area contributed by atoms with Crippen LogP contribution in [0.15, 0.2) is 90.0 Å². The molecule has 0 aliphatic rings. The fourth-order valence-electron chi connectivity index (χ4n) is 4.30. The average molecular weight is 572 g/mol. The molecular formula is C31H23ClFN3O5. The Bertz CT molecular complexity index is 1790. The molecule has 0 bridgehead atoms. The normalized spacial score (nSPS) is 11.0. The van der Waals surface area contributed by atoms with Crippen LogP contribution >= 0.6 is 11.6 Å². The molecule has 206 valence electrons. The van der Waals surface area contributed by atoms with Crippen LogP contribution < -0.4 is 19.6 Å². The Morgan fingerprint density at radius 1 is 0.902 bits per heavy atom. The number of nitrogens with zero attached hydrogens (tertiary/aromatic N) is 1. The van der Waals surface area contributed by atoms with E-state index in [2.05, 4.69) is 15.5 Å². The lowest BCUT2D eigenvalue weighted by molar-refractivity contribution is 0.0726. The number of ether oxygens (including phenoxy) is 3. The Hall–Kier alpha value is -5.15. The fourth-order valence-corrected chi connectivity index (χ4v) is 4.48. The van der Waals surface area contributed by atoms with Gasteiger partial charge >= 0.3 is 5.97 Å². The number of H-pyrrole nitrogens is 1. The number of rotatable bonds is 8. The number of hydrogen-bond donors (Lipinski definition) is 2. The van der Waals surface area contributed by atoms with E-state index < -0.39 is 17.7 Å². The van der Waals surface area contributed by atoms with Crippen molar-refractivity contribution in [2.45, 2.75) is 0 Å². The number of methoxy groups -OCH3 is 2. The zero-order valence-corrected chi connectivity index (χ0v) is 22.7. The molecule has 0 saturated carbocycles. The number of hydrazone groups is 1. The summed E-state index contributed by atoms with van der Waals surface area (Å²) in [5, 5.41) is 5.01. The number of aromatic amines is 1. The van der Waals surface area contributed by atoms with Crippen molar-refractivity contribution in [1.29, 1.82) is 0 Å². The van der Waals surface area contributed by atoms with E-state index in [1.807, 2.05) is 30.3 Å². The first-order valence-corrected chi connectivity index (χ1v) is 12.7. The third-order valence-electron chi connectivity index (χ3n) is 6.20. The van der Waals surface area contributed by atoms with Crippen LogP contribution in [0.4, 0.5) is 4.39 Å². The Balaban J connectivity index is 1.35. The SMILES string of the molecule is COc1cc(C=NNC(=O)c2[nH]c3ccc(F)cc3c2-c2ccccc2)ccc1OC(=O)c1cc(Cl)ccc1OC. The monoisotopic (exact) mass is 571 g/mol. The summed E-state index contributed by atoms with van der Waals surface area (Å²) >= 11 is 6.03. The minimum atomic E-state index is -0.677. The molecule has 2 N–H and O–H groups in total. The van der Waals surface area contributed by atoms with E-state index in [0.717, 1.165) is 5.56 Å². The van der Waals surface area contributed by atoms with Gasteiger partial charge in [-0.1, -0.05) is 41.9 Å².